The molecule has 3 nitrogen and oxygen atoms in total. The lowest BCUT2D eigenvalue weighted by molar-refractivity contribution is 0.162. The number of nitrogens with zero attached hydrogens (tertiary/aromatic N) is 1. The molecular weight excluding hydrogens is 292 g/mol. The number of alkyl halides is 2. The predicted octanol–water partition coefficient (Wildman–Crippen LogP) is 3.47. The van der Waals surface area contributed by atoms with E-state index in [1.807, 2.05) is 0 Å². The molecule has 0 aliphatic heterocycles. The summed E-state index contributed by atoms with van der Waals surface area (Å²) in [6.45, 7) is -1.54. The minimum atomic E-state index is -4.23. The molecule has 0 N–H and O–H groups in total. The van der Waals surface area contributed by atoms with Crippen molar-refractivity contribution in [2.75, 3.05) is 4.31 Å². The molecule has 0 amide bonds. The van der Waals surface area contributed by atoms with Crippen molar-refractivity contribution in [2.24, 2.45) is 0 Å². The zero-order valence-corrected chi connectivity index (χ0v) is 11.6. The number of para-hydroxylation sites is 1. The summed E-state index contributed by atoms with van der Waals surface area (Å²) >= 11 is 0.913. The minimum absolute atomic E-state index is 0.00843. The van der Waals surface area contributed by atoms with E-state index in [-0.39, 0.29) is 14.2 Å². The predicted molar refractivity (Wildman–Crippen MR) is 71.2 cm³/mol. The summed E-state index contributed by atoms with van der Waals surface area (Å²) in [7, 11) is -4.23. The summed E-state index contributed by atoms with van der Waals surface area (Å²) in [5.41, 5.74) is 0.467. The number of aryl methyl sites for hydroxylation is 1. The maximum Gasteiger partial charge on any atom is 0.328 e. The summed E-state index contributed by atoms with van der Waals surface area (Å²) in [4.78, 5) is 0. The molecule has 0 fully saturated rings. The van der Waals surface area contributed by atoms with Crippen molar-refractivity contribution >= 4 is 27.0 Å². The number of anilines is 1. The smallest absolute Gasteiger partial charge is 0.206 e. The Morgan fingerprint density at radius 3 is 2.37 bits per heavy atom. The van der Waals surface area contributed by atoms with E-state index in [0.717, 1.165) is 11.3 Å². The van der Waals surface area contributed by atoms with Gasteiger partial charge >= 0.3 is 6.55 Å². The number of hydrogen-bond donors (Lipinski definition) is 0. The lowest BCUT2D eigenvalue weighted by atomic mass is 10.2. The maximum absolute atomic E-state index is 13.2. The van der Waals surface area contributed by atoms with E-state index in [9.17, 15) is 17.2 Å². The van der Waals surface area contributed by atoms with E-state index in [1.54, 1.807) is 19.1 Å². The van der Waals surface area contributed by atoms with Crippen molar-refractivity contribution in [1.29, 1.82) is 0 Å². The first-order valence-corrected chi connectivity index (χ1v) is 7.68. The molecule has 0 saturated carbocycles. The molecule has 0 unspecified atom stereocenters. The summed E-state index contributed by atoms with van der Waals surface area (Å²) in [5.74, 6) is 0. The van der Waals surface area contributed by atoms with Gasteiger partial charge < -0.3 is 0 Å². The van der Waals surface area contributed by atoms with Gasteiger partial charge in [0.25, 0.3) is 10.0 Å². The molecule has 0 saturated heterocycles. The summed E-state index contributed by atoms with van der Waals surface area (Å²) < 4.78 is 51.0. The van der Waals surface area contributed by atoms with Crippen LogP contribution in [0.1, 0.15) is 5.56 Å². The zero-order valence-electron chi connectivity index (χ0n) is 9.95. The SMILES string of the molecule is Cc1ccccc1N(C(F)F)S(=O)(=O)c1cccs1. The van der Waals surface area contributed by atoms with Crippen molar-refractivity contribution in [3.8, 4) is 0 Å². The van der Waals surface area contributed by atoms with Gasteiger partial charge in [-0.25, -0.2) is 12.7 Å². The van der Waals surface area contributed by atoms with Gasteiger partial charge in [-0.2, -0.15) is 8.78 Å². The van der Waals surface area contributed by atoms with Crippen LogP contribution in [-0.4, -0.2) is 15.0 Å². The van der Waals surface area contributed by atoms with Crippen LogP contribution < -0.4 is 4.31 Å². The van der Waals surface area contributed by atoms with E-state index in [1.165, 1.54) is 29.6 Å². The fourth-order valence-corrected chi connectivity index (χ4v) is 4.12. The van der Waals surface area contributed by atoms with Gasteiger partial charge in [0.15, 0.2) is 0 Å². The van der Waals surface area contributed by atoms with E-state index < -0.39 is 16.6 Å². The van der Waals surface area contributed by atoms with Crippen LogP contribution in [0.4, 0.5) is 14.5 Å². The van der Waals surface area contributed by atoms with Gasteiger partial charge in [0, 0.05) is 0 Å². The highest BCUT2D eigenvalue weighted by atomic mass is 32.2. The average molecular weight is 303 g/mol. The van der Waals surface area contributed by atoms with E-state index >= 15 is 0 Å². The Balaban J connectivity index is 2.57. The van der Waals surface area contributed by atoms with Gasteiger partial charge in [0.2, 0.25) is 0 Å². The molecule has 102 valence electrons. The molecule has 2 aromatic rings. The number of hydrogen-bond acceptors (Lipinski definition) is 3. The Kier molecular flexibility index (Phi) is 3.86. The van der Waals surface area contributed by atoms with Crippen LogP contribution in [0.25, 0.3) is 0 Å². The van der Waals surface area contributed by atoms with Crippen molar-refractivity contribution in [1.82, 2.24) is 0 Å². The van der Waals surface area contributed by atoms with Crippen LogP contribution in [-0.2, 0) is 10.0 Å². The van der Waals surface area contributed by atoms with Crippen molar-refractivity contribution in [3.63, 3.8) is 0 Å². The number of thiophene rings is 1. The van der Waals surface area contributed by atoms with Crippen LogP contribution in [0.3, 0.4) is 0 Å². The number of halogens is 2. The number of benzene rings is 1. The Labute approximate surface area is 114 Å². The summed E-state index contributed by atoms with van der Waals surface area (Å²) in [6.07, 6.45) is 0. The molecule has 1 aromatic heterocycles. The van der Waals surface area contributed by atoms with Gasteiger partial charge in [-0.1, -0.05) is 24.3 Å². The molecule has 1 aromatic carbocycles. The van der Waals surface area contributed by atoms with Crippen molar-refractivity contribution in [3.05, 3.63) is 47.3 Å². The average Bonchev–Trinajstić information content (AvgIpc) is 2.85. The molecule has 7 heteroatoms. The molecule has 0 bridgehead atoms. The molecule has 0 aliphatic rings. The highest BCUT2D eigenvalue weighted by Crippen LogP contribution is 2.31. The van der Waals surface area contributed by atoms with E-state index in [4.69, 9.17) is 0 Å². The second-order valence-corrected chi connectivity index (χ2v) is 6.79. The maximum atomic E-state index is 13.2. The Bertz CT molecular complexity index is 654. The fourth-order valence-electron chi connectivity index (χ4n) is 1.66. The van der Waals surface area contributed by atoms with E-state index in [0.29, 0.717) is 5.56 Å². The molecule has 0 aliphatic carbocycles. The Morgan fingerprint density at radius 2 is 1.84 bits per heavy atom. The molecule has 2 rings (SSSR count). The lowest BCUT2D eigenvalue weighted by Gasteiger charge is -2.24. The van der Waals surface area contributed by atoms with Gasteiger partial charge in [0.05, 0.1) is 5.69 Å². The lowest BCUT2D eigenvalue weighted by Crippen LogP contribution is -2.35. The normalized spacial score (nSPS) is 11.8. The van der Waals surface area contributed by atoms with Gasteiger partial charge in [0.1, 0.15) is 4.21 Å². The van der Waals surface area contributed by atoms with Crippen molar-refractivity contribution in [2.45, 2.75) is 17.7 Å². The quantitative estimate of drug-likeness (QED) is 0.811. The minimum Gasteiger partial charge on any atom is -0.206 e. The Hall–Kier alpha value is -1.47. The highest BCUT2D eigenvalue weighted by Gasteiger charge is 2.33. The second kappa shape index (κ2) is 5.26. The van der Waals surface area contributed by atoms with Gasteiger partial charge in [-0.05, 0) is 30.0 Å². The molecule has 0 spiro atoms. The van der Waals surface area contributed by atoms with Crippen LogP contribution in [0.15, 0.2) is 46.0 Å². The second-order valence-electron chi connectivity index (χ2n) is 3.80. The third-order valence-corrected chi connectivity index (χ3v) is 5.64. The first-order chi connectivity index (χ1) is 8.94. The largest absolute Gasteiger partial charge is 0.328 e. The Morgan fingerprint density at radius 1 is 1.16 bits per heavy atom. The topological polar surface area (TPSA) is 37.4 Å². The van der Waals surface area contributed by atoms with Crippen LogP contribution in [0.2, 0.25) is 0 Å². The molecule has 1 heterocycles. The third-order valence-electron chi connectivity index (χ3n) is 2.54. The first-order valence-electron chi connectivity index (χ1n) is 5.36. The van der Waals surface area contributed by atoms with Crippen LogP contribution >= 0.6 is 11.3 Å². The van der Waals surface area contributed by atoms with Crippen LogP contribution in [0.5, 0.6) is 0 Å². The third kappa shape index (κ3) is 2.62. The zero-order chi connectivity index (χ0) is 14.0. The van der Waals surface area contributed by atoms with Gasteiger partial charge in [-0.3, -0.25) is 0 Å². The van der Waals surface area contributed by atoms with Crippen LogP contribution in [0, 0.1) is 6.92 Å². The summed E-state index contributed by atoms with van der Waals surface area (Å²) in [5, 5.41) is 1.54. The molecule has 19 heavy (non-hydrogen) atoms. The summed E-state index contributed by atoms with van der Waals surface area (Å²) in [6, 6.07) is 8.98. The van der Waals surface area contributed by atoms with Gasteiger partial charge in [-0.15, -0.1) is 11.3 Å². The molecule has 0 radical (unpaired) electrons. The monoisotopic (exact) mass is 303 g/mol. The van der Waals surface area contributed by atoms with Crippen molar-refractivity contribution < 1.29 is 17.2 Å². The molecular formula is C12H11F2NO2S2. The standard InChI is InChI=1S/C12H11F2NO2S2/c1-9-5-2-3-6-10(9)15(12(13)14)19(16,17)11-7-4-8-18-11/h2-8,12H,1H3. The molecule has 0 atom stereocenters. The highest BCUT2D eigenvalue weighted by molar-refractivity contribution is 7.94. The first kappa shape index (κ1) is 14.0. The number of sulfonamides is 1. The fraction of sp³-hybridized carbons (Fsp3) is 0.167. The number of rotatable bonds is 4. The van der Waals surface area contributed by atoms with E-state index in [2.05, 4.69) is 0 Å².